The number of benzene rings is 1. The molecule has 0 amide bonds. The van der Waals surface area contributed by atoms with Gasteiger partial charge in [0.1, 0.15) is 0 Å². The average molecular weight is 180 g/mol. The first kappa shape index (κ1) is 9.89. The van der Waals surface area contributed by atoms with Gasteiger partial charge in [0.05, 0.1) is 6.61 Å². The van der Waals surface area contributed by atoms with Gasteiger partial charge in [-0.2, -0.15) is 0 Å². The van der Waals surface area contributed by atoms with Gasteiger partial charge in [-0.15, -0.1) is 0 Å². The van der Waals surface area contributed by atoms with E-state index in [1.165, 1.54) is 6.92 Å². The van der Waals surface area contributed by atoms with Crippen LogP contribution in [0.1, 0.15) is 12.5 Å². The van der Waals surface area contributed by atoms with Crippen LogP contribution in [0.5, 0.6) is 0 Å². The van der Waals surface area contributed by atoms with Crippen molar-refractivity contribution in [2.24, 2.45) is 0 Å². The molecule has 70 valence electrons. The molecule has 0 aliphatic carbocycles. The molecule has 1 aromatic carbocycles. The molecule has 1 atom stereocenters. The van der Waals surface area contributed by atoms with Gasteiger partial charge in [0.15, 0.2) is 11.4 Å². The minimum atomic E-state index is -1.75. The van der Waals surface area contributed by atoms with Gasteiger partial charge in [-0.25, -0.2) is 0 Å². The summed E-state index contributed by atoms with van der Waals surface area (Å²) in [6.45, 7) is 0.662. The number of ketones is 1. The second kappa shape index (κ2) is 3.68. The lowest BCUT2D eigenvalue weighted by molar-refractivity contribution is -0.140. The molecule has 3 heteroatoms. The summed E-state index contributed by atoms with van der Waals surface area (Å²) < 4.78 is 0. The lowest BCUT2D eigenvalue weighted by Crippen LogP contribution is -2.37. The molecule has 0 saturated carbocycles. The maximum Gasteiger partial charge on any atom is 0.170 e. The molecule has 0 heterocycles. The van der Waals surface area contributed by atoms with Crippen LogP contribution in [0, 0.1) is 0 Å². The van der Waals surface area contributed by atoms with Crippen LogP contribution < -0.4 is 0 Å². The summed E-state index contributed by atoms with van der Waals surface area (Å²) in [5.41, 5.74) is -1.33. The second-order valence-corrected chi connectivity index (χ2v) is 2.94. The molecule has 2 N–H and O–H groups in total. The number of aliphatic hydroxyl groups is 2. The van der Waals surface area contributed by atoms with Gasteiger partial charge in [0, 0.05) is 0 Å². The van der Waals surface area contributed by atoms with Crippen LogP contribution in [-0.2, 0) is 10.4 Å². The monoisotopic (exact) mass is 180 g/mol. The Bertz CT molecular complexity index is 294. The van der Waals surface area contributed by atoms with E-state index in [-0.39, 0.29) is 0 Å². The van der Waals surface area contributed by atoms with Gasteiger partial charge >= 0.3 is 0 Å². The molecule has 0 aromatic heterocycles. The Morgan fingerprint density at radius 2 is 1.92 bits per heavy atom. The maximum absolute atomic E-state index is 11.1. The van der Waals surface area contributed by atoms with Gasteiger partial charge in [-0.1, -0.05) is 30.3 Å². The van der Waals surface area contributed by atoms with E-state index < -0.39 is 18.0 Å². The van der Waals surface area contributed by atoms with Crippen molar-refractivity contribution in [2.45, 2.75) is 12.5 Å². The quantitative estimate of drug-likeness (QED) is 0.710. The number of carbonyl (C=O) groups excluding carboxylic acids is 1. The molecule has 0 saturated heterocycles. The van der Waals surface area contributed by atoms with E-state index in [1.54, 1.807) is 30.3 Å². The highest BCUT2D eigenvalue weighted by Crippen LogP contribution is 2.20. The van der Waals surface area contributed by atoms with E-state index in [4.69, 9.17) is 5.11 Å². The number of carbonyl (C=O) groups is 1. The SMILES string of the molecule is CC(=O)C(O)(CO)c1ccccc1. The lowest BCUT2D eigenvalue weighted by Gasteiger charge is -2.22. The van der Waals surface area contributed by atoms with E-state index in [2.05, 4.69) is 0 Å². The highest BCUT2D eigenvalue weighted by atomic mass is 16.3. The van der Waals surface area contributed by atoms with Gasteiger partial charge in [0.25, 0.3) is 0 Å². The van der Waals surface area contributed by atoms with Crippen LogP contribution in [0.3, 0.4) is 0 Å². The first-order chi connectivity index (χ1) is 6.11. The van der Waals surface area contributed by atoms with E-state index in [0.717, 1.165) is 0 Å². The molecule has 13 heavy (non-hydrogen) atoms. The summed E-state index contributed by atoms with van der Waals surface area (Å²) in [6, 6.07) is 8.41. The zero-order valence-electron chi connectivity index (χ0n) is 7.40. The molecular weight excluding hydrogens is 168 g/mol. The van der Waals surface area contributed by atoms with Gasteiger partial charge in [-0.05, 0) is 12.5 Å². The predicted octanol–water partition coefficient (Wildman–Crippen LogP) is 0.456. The van der Waals surface area contributed by atoms with Crippen LogP contribution in [0.4, 0.5) is 0 Å². The third kappa shape index (κ3) is 1.76. The summed E-state index contributed by atoms with van der Waals surface area (Å²) in [5.74, 6) is -0.457. The fraction of sp³-hybridized carbons (Fsp3) is 0.300. The molecule has 0 aliphatic heterocycles. The first-order valence-corrected chi connectivity index (χ1v) is 4.01. The van der Waals surface area contributed by atoms with E-state index >= 15 is 0 Å². The lowest BCUT2D eigenvalue weighted by atomic mass is 9.91. The Labute approximate surface area is 76.6 Å². The van der Waals surface area contributed by atoms with E-state index in [1.807, 2.05) is 0 Å². The Balaban J connectivity index is 3.11. The summed E-state index contributed by atoms with van der Waals surface area (Å²) in [4.78, 5) is 11.1. The molecular formula is C10H12O3. The minimum Gasteiger partial charge on any atom is -0.393 e. The highest BCUT2D eigenvalue weighted by molar-refractivity contribution is 5.86. The van der Waals surface area contributed by atoms with Gasteiger partial charge < -0.3 is 10.2 Å². The number of Topliss-reactive ketones (excluding diaryl/α,β-unsaturated/α-hetero) is 1. The van der Waals surface area contributed by atoms with Crippen molar-refractivity contribution in [3.05, 3.63) is 35.9 Å². The summed E-state index contributed by atoms with van der Waals surface area (Å²) >= 11 is 0. The molecule has 1 unspecified atom stereocenters. The minimum absolute atomic E-state index is 0.421. The van der Waals surface area contributed by atoms with Crippen molar-refractivity contribution >= 4 is 5.78 Å². The largest absolute Gasteiger partial charge is 0.393 e. The predicted molar refractivity (Wildman–Crippen MR) is 48.1 cm³/mol. The second-order valence-electron chi connectivity index (χ2n) is 2.94. The standard InChI is InChI=1S/C10H12O3/c1-8(12)10(13,7-11)9-5-3-2-4-6-9/h2-6,11,13H,7H2,1H3. The molecule has 0 spiro atoms. The van der Waals surface area contributed by atoms with Gasteiger partial charge in [0.2, 0.25) is 0 Å². The molecule has 3 nitrogen and oxygen atoms in total. The normalized spacial score (nSPS) is 15.0. The van der Waals surface area contributed by atoms with E-state index in [9.17, 15) is 9.90 Å². The zero-order valence-corrected chi connectivity index (χ0v) is 7.40. The number of hydrogen-bond acceptors (Lipinski definition) is 3. The molecule has 0 fully saturated rings. The Morgan fingerprint density at radius 1 is 1.38 bits per heavy atom. The third-order valence-corrected chi connectivity index (χ3v) is 2.06. The van der Waals surface area contributed by atoms with Crippen LogP contribution in [-0.4, -0.2) is 22.6 Å². The molecule has 0 aliphatic rings. The Hall–Kier alpha value is -1.19. The molecule has 0 radical (unpaired) electrons. The van der Waals surface area contributed by atoms with Crippen molar-refractivity contribution in [1.29, 1.82) is 0 Å². The van der Waals surface area contributed by atoms with E-state index in [0.29, 0.717) is 5.56 Å². The van der Waals surface area contributed by atoms with Crippen LogP contribution in [0.15, 0.2) is 30.3 Å². The average Bonchev–Trinajstić information content (AvgIpc) is 2.17. The summed E-state index contributed by atoms with van der Waals surface area (Å²) in [5, 5.41) is 18.7. The molecule has 0 bridgehead atoms. The third-order valence-electron chi connectivity index (χ3n) is 2.06. The smallest absolute Gasteiger partial charge is 0.170 e. The molecule has 1 aromatic rings. The fourth-order valence-corrected chi connectivity index (χ4v) is 1.12. The first-order valence-electron chi connectivity index (χ1n) is 4.01. The van der Waals surface area contributed by atoms with Crippen molar-refractivity contribution in [3.63, 3.8) is 0 Å². The maximum atomic E-state index is 11.1. The Kier molecular flexibility index (Phi) is 2.80. The molecule has 1 rings (SSSR count). The van der Waals surface area contributed by atoms with Crippen molar-refractivity contribution < 1.29 is 15.0 Å². The highest BCUT2D eigenvalue weighted by Gasteiger charge is 2.33. The number of rotatable bonds is 3. The van der Waals surface area contributed by atoms with Crippen LogP contribution >= 0.6 is 0 Å². The van der Waals surface area contributed by atoms with Crippen molar-refractivity contribution in [3.8, 4) is 0 Å². The Morgan fingerprint density at radius 3 is 2.31 bits per heavy atom. The van der Waals surface area contributed by atoms with Crippen molar-refractivity contribution in [1.82, 2.24) is 0 Å². The topological polar surface area (TPSA) is 57.5 Å². The van der Waals surface area contributed by atoms with Gasteiger partial charge in [-0.3, -0.25) is 4.79 Å². The van der Waals surface area contributed by atoms with Crippen molar-refractivity contribution in [2.75, 3.05) is 6.61 Å². The fourth-order valence-electron chi connectivity index (χ4n) is 1.12. The summed E-state index contributed by atoms with van der Waals surface area (Å²) in [7, 11) is 0. The summed E-state index contributed by atoms with van der Waals surface area (Å²) in [6.07, 6.45) is 0. The number of aliphatic hydroxyl groups excluding tert-OH is 1. The van der Waals surface area contributed by atoms with Crippen LogP contribution in [0.25, 0.3) is 0 Å². The zero-order chi connectivity index (χ0) is 9.90. The number of hydrogen-bond donors (Lipinski definition) is 2. The van der Waals surface area contributed by atoms with Crippen LogP contribution in [0.2, 0.25) is 0 Å².